The molecule has 108 valence electrons. The fourth-order valence-electron chi connectivity index (χ4n) is 1.77. The van der Waals surface area contributed by atoms with Crippen molar-refractivity contribution < 1.29 is 4.39 Å². The van der Waals surface area contributed by atoms with Gasteiger partial charge in [0.1, 0.15) is 5.82 Å². The molecule has 0 spiro atoms. The number of rotatable bonds is 4. The molecule has 1 unspecified atom stereocenters. The lowest BCUT2D eigenvalue weighted by Gasteiger charge is -2.16. The SMILES string of the molecule is CNC(C)c1cc(F)c(C)cc1Sc1n[nH]c(=O)n1C. The van der Waals surface area contributed by atoms with Gasteiger partial charge in [0.25, 0.3) is 0 Å². The highest BCUT2D eigenvalue weighted by molar-refractivity contribution is 7.99. The van der Waals surface area contributed by atoms with Gasteiger partial charge in [0.15, 0.2) is 5.16 Å². The Bertz CT molecular complexity index is 679. The van der Waals surface area contributed by atoms with Crippen LogP contribution >= 0.6 is 11.8 Å². The lowest BCUT2D eigenvalue weighted by atomic mass is 10.1. The molecule has 0 amide bonds. The van der Waals surface area contributed by atoms with E-state index >= 15 is 0 Å². The molecule has 7 heteroatoms. The summed E-state index contributed by atoms with van der Waals surface area (Å²) in [4.78, 5) is 12.3. The molecule has 0 aliphatic carbocycles. The fraction of sp³-hybridized carbons (Fsp3) is 0.385. The Morgan fingerprint density at radius 1 is 1.50 bits per heavy atom. The molecule has 2 N–H and O–H groups in total. The minimum Gasteiger partial charge on any atom is -0.313 e. The van der Waals surface area contributed by atoms with Gasteiger partial charge in [0.05, 0.1) is 0 Å². The van der Waals surface area contributed by atoms with E-state index in [4.69, 9.17) is 0 Å². The van der Waals surface area contributed by atoms with Crippen molar-refractivity contribution in [3.05, 3.63) is 39.6 Å². The summed E-state index contributed by atoms with van der Waals surface area (Å²) in [7, 11) is 3.47. The van der Waals surface area contributed by atoms with Crippen molar-refractivity contribution in [1.29, 1.82) is 0 Å². The molecule has 0 saturated heterocycles. The Morgan fingerprint density at radius 2 is 2.20 bits per heavy atom. The standard InChI is InChI=1S/C13H17FN4OS/c1-7-5-11(9(6-10(7)14)8(2)15-3)20-13-17-16-12(19)18(13)4/h5-6,8,15H,1-4H3,(H,16,19). The van der Waals surface area contributed by atoms with Gasteiger partial charge < -0.3 is 5.32 Å². The maximum atomic E-state index is 13.8. The largest absolute Gasteiger partial charge is 0.343 e. The molecule has 1 heterocycles. The smallest absolute Gasteiger partial charge is 0.313 e. The molecule has 0 aliphatic rings. The van der Waals surface area contributed by atoms with E-state index in [1.807, 2.05) is 14.0 Å². The second-order valence-electron chi connectivity index (χ2n) is 4.62. The molecular formula is C13H17FN4OS. The number of aryl methyl sites for hydroxylation is 1. The molecule has 0 aliphatic heterocycles. The highest BCUT2D eigenvalue weighted by Crippen LogP contribution is 2.33. The van der Waals surface area contributed by atoms with Crippen LogP contribution in [0.3, 0.4) is 0 Å². The average Bonchev–Trinajstić information content (AvgIpc) is 2.73. The van der Waals surface area contributed by atoms with Crippen molar-refractivity contribution in [3.8, 4) is 0 Å². The third-order valence-electron chi connectivity index (χ3n) is 3.23. The third kappa shape index (κ3) is 2.78. The van der Waals surface area contributed by atoms with Gasteiger partial charge in [-0.3, -0.25) is 4.57 Å². The van der Waals surface area contributed by atoms with Gasteiger partial charge in [-0.2, -0.15) is 0 Å². The van der Waals surface area contributed by atoms with Crippen LogP contribution in [0.25, 0.3) is 0 Å². The second-order valence-corrected chi connectivity index (χ2v) is 5.63. The van der Waals surface area contributed by atoms with Crippen LogP contribution in [0.4, 0.5) is 4.39 Å². The normalized spacial score (nSPS) is 12.7. The fourth-order valence-corrected chi connectivity index (χ4v) is 2.87. The first-order valence-corrected chi connectivity index (χ1v) is 7.02. The Kier molecular flexibility index (Phi) is 4.29. The number of hydrogen-bond donors (Lipinski definition) is 2. The van der Waals surface area contributed by atoms with Gasteiger partial charge in [0.2, 0.25) is 0 Å². The number of nitrogens with zero attached hydrogens (tertiary/aromatic N) is 2. The molecule has 1 atom stereocenters. The number of hydrogen-bond acceptors (Lipinski definition) is 4. The summed E-state index contributed by atoms with van der Waals surface area (Å²) >= 11 is 1.34. The molecule has 1 aromatic carbocycles. The summed E-state index contributed by atoms with van der Waals surface area (Å²) in [5, 5.41) is 10.00. The molecule has 0 radical (unpaired) electrons. The number of halogens is 1. The van der Waals surface area contributed by atoms with Crippen molar-refractivity contribution in [1.82, 2.24) is 20.1 Å². The number of H-pyrrole nitrogens is 1. The molecule has 2 aromatic rings. The van der Waals surface area contributed by atoms with Crippen LogP contribution in [0.1, 0.15) is 24.1 Å². The quantitative estimate of drug-likeness (QED) is 0.905. The number of benzene rings is 1. The van der Waals surface area contributed by atoms with E-state index in [0.29, 0.717) is 10.7 Å². The molecule has 0 fully saturated rings. The van der Waals surface area contributed by atoms with Crippen LogP contribution < -0.4 is 11.0 Å². The highest BCUT2D eigenvalue weighted by atomic mass is 32.2. The Morgan fingerprint density at radius 3 is 2.75 bits per heavy atom. The molecule has 5 nitrogen and oxygen atoms in total. The van der Waals surface area contributed by atoms with E-state index in [-0.39, 0.29) is 17.5 Å². The molecule has 1 aromatic heterocycles. The van der Waals surface area contributed by atoms with Gasteiger partial charge in [-0.05, 0) is 55.9 Å². The molecule has 0 bridgehead atoms. The predicted octanol–water partition coefficient (Wildman–Crippen LogP) is 1.99. The first-order chi connectivity index (χ1) is 9.43. The van der Waals surface area contributed by atoms with Gasteiger partial charge in [-0.15, -0.1) is 5.10 Å². The maximum absolute atomic E-state index is 13.8. The second kappa shape index (κ2) is 5.80. The first-order valence-electron chi connectivity index (χ1n) is 6.20. The summed E-state index contributed by atoms with van der Waals surface area (Å²) in [5.41, 5.74) is 1.14. The topological polar surface area (TPSA) is 62.7 Å². The van der Waals surface area contributed by atoms with E-state index < -0.39 is 0 Å². The monoisotopic (exact) mass is 296 g/mol. The Balaban J connectivity index is 2.47. The zero-order valence-electron chi connectivity index (χ0n) is 11.8. The van der Waals surface area contributed by atoms with Crippen LogP contribution in [0.2, 0.25) is 0 Å². The minimum atomic E-state index is -0.269. The highest BCUT2D eigenvalue weighted by Gasteiger charge is 2.16. The van der Waals surface area contributed by atoms with Gasteiger partial charge in [0, 0.05) is 18.0 Å². The van der Waals surface area contributed by atoms with E-state index in [1.165, 1.54) is 22.4 Å². The Labute approximate surface area is 120 Å². The first kappa shape index (κ1) is 14.8. The van der Waals surface area contributed by atoms with E-state index in [2.05, 4.69) is 15.5 Å². The van der Waals surface area contributed by atoms with Crippen LogP contribution in [0.15, 0.2) is 27.0 Å². The van der Waals surface area contributed by atoms with Crippen molar-refractivity contribution in [2.45, 2.75) is 29.9 Å². The van der Waals surface area contributed by atoms with Gasteiger partial charge in [-0.25, -0.2) is 14.3 Å². The third-order valence-corrected chi connectivity index (χ3v) is 4.35. The average molecular weight is 296 g/mol. The van der Waals surface area contributed by atoms with E-state index in [9.17, 15) is 9.18 Å². The number of aromatic amines is 1. The Hall–Kier alpha value is -1.60. The molecule has 20 heavy (non-hydrogen) atoms. The summed E-state index contributed by atoms with van der Waals surface area (Å²) in [5.74, 6) is -0.234. The number of aromatic nitrogens is 3. The summed E-state index contributed by atoms with van der Waals surface area (Å²) in [6, 6.07) is 3.31. The van der Waals surface area contributed by atoms with Gasteiger partial charge in [-0.1, -0.05) is 0 Å². The van der Waals surface area contributed by atoms with Crippen molar-refractivity contribution in [2.75, 3.05) is 7.05 Å². The minimum absolute atomic E-state index is 0.00331. The lowest BCUT2D eigenvalue weighted by molar-refractivity contribution is 0.594. The van der Waals surface area contributed by atoms with Crippen LogP contribution in [-0.2, 0) is 7.05 Å². The molecular weight excluding hydrogens is 279 g/mol. The van der Waals surface area contributed by atoms with Gasteiger partial charge >= 0.3 is 5.69 Å². The zero-order chi connectivity index (χ0) is 14.9. The van der Waals surface area contributed by atoms with Crippen molar-refractivity contribution in [3.63, 3.8) is 0 Å². The summed E-state index contributed by atoms with van der Waals surface area (Å²) in [6.45, 7) is 3.68. The molecule has 0 saturated carbocycles. The lowest BCUT2D eigenvalue weighted by Crippen LogP contribution is -2.14. The van der Waals surface area contributed by atoms with Crippen LogP contribution in [0, 0.1) is 12.7 Å². The van der Waals surface area contributed by atoms with E-state index in [1.54, 1.807) is 20.0 Å². The van der Waals surface area contributed by atoms with Crippen LogP contribution in [0.5, 0.6) is 0 Å². The zero-order valence-corrected chi connectivity index (χ0v) is 12.6. The summed E-state index contributed by atoms with van der Waals surface area (Å²) < 4.78 is 15.2. The van der Waals surface area contributed by atoms with Crippen molar-refractivity contribution >= 4 is 11.8 Å². The molecule has 2 rings (SSSR count). The predicted molar refractivity (Wildman–Crippen MR) is 76.6 cm³/mol. The van der Waals surface area contributed by atoms with Crippen molar-refractivity contribution in [2.24, 2.45) is 7.05 Å². The maximum Gasteiger partial charge on any atom is 0.343 e. The summed E-state index contributed by atoms with van der Waals surface area (Å²) in [6.07, 6.45) is 0. The van der Waals surface area contributed by atoms with E-state index in [0.717, 1.165) is 10.5 Å². The number of nitrogens with one attached hydrogen (secondary N) is 2. The van der Waals surface area contributed by atoms with Crippen LogP contribution in [-0.4, -0.2) is 21.8 Å².